The fraction of sp³-hybridized carbons (Fsp3) is 0.588. The van der Waals surface area contributed by atoms with Gasteiger partial charge in [0.15, 0.2) is 0 Å². The lowest BCUT2D eigenvalue weighted by Gasteiger charge is -2.26. The molecule has 0 aromatic heterocycles. The number of carbonyl (C=O) groups excluding carboxylic acids is 1. The molecule has 1 aliphatic heterocycles. The van der Waals surface area contributed by atoms with Gasteiger partial charge in [-0.25, -0.2) is 4.79 Å². The zero-order valence-electron chi connectivity index (χ0n) is 13.5. The summed E-state index contributed by atoms with van der Waals surface area (Å²) in [5.74, 6) is 0.970. The summed E-state index contributed by atoms with van der Waals surface area (Å²) in [4.78, 5) is 13.9. The first kappa shape index (κ1) is 16.5. The van der Waals surface area contributed by atoms with E-state index in [2.05, 4.69) is 0 Å². The first-order valence-electron chi connectivity index (χ1n) is 7.77. The highest BCUT2D eigenvalue weighted by molar-refractivity contribution is 5.68. The third-order valence-electron chi connectivity index (χ3n) is 3.47. The van der Waals surface area contributed by atoms with Gasteiger partial charge in [-0.15, -0.1) is 0 Å². The van der Waals surface area contributed by atoms with Crippen molar-refractivity contribution in [2.45, 2.75) is 51.7 Å². The quantitative estimate of drug-likeness (QED) is 0.907. The molecule has 1 saturated heterocycles. The predicted molar refractivity (Wildman–Crippen MR) is 84.2 cm³/mol. The summed E-state index contributed by atoms with van der Waals surface area (Å²) in [5.41, 5.74) is -0.467. The van der Waals surface area contributed by atoms with E-state index >= 15 is 0 Å². The van der Waals surface area contributed by atoms with Gasteiger partial charge in [-0.3, -0.25) is 0 Å². The minimum atomic E-state index is -0.467. The van der Waals surface area contributed by atoms with E-state index in [4.69, 9.17) is 9.47 Å². The van der Waals surface area contributed by atoms with E-state index in [-0.39, 0.29) is 17.9 Å². The molecule has 1 amide bonds. The van der Waals surface area contributed by atoms with Crippen LogP contribution in [0.3, 0.4) is 0 Å². The van der Waals surface area contributed by atoms with Crippen molar-refractivity contribution in [2.24, 2.45) is 0 Å². The molecule has 0 aliphatic carbocycles. The second-order valence-corrected chi connectivity index (χ2v) is 6.63. The van der Waals surface area contributed by atoms with E-state index in [1.165, 1.54) is 0 Å². The van der Waals surface area contributed by atoms with Crippen LogP contribution in [0, 0.1) is 0 Å². The van der Waals surface area contributed by atoms with Crippen LogP contribution in [0.2, 0.25) is 0 Å². The van der Waals surface area contributed by atoms with Gasteiger partial charge >= 0.3 is 6.09 Å². The van der Waals surface area contributed by atoms with E-state index in [1.807, 2.05) is 20.8 Å². The molecule has 2 rings (SSSR count). The van der Waals surface area contributed by atoms with Gasteiger partial charge in [-0.2, -0.15) is 0 Å². The molecule has 0 bridgehead atoms. The highest BCUT2D eigenvalue weighted by Gasteiger charge is 2.25. The zero-order valence-corrected chi connectivity index (χ0v) is 13.5. The van der Waals surface area contributed by atoms with Crippen molar-refractivity contribution in [3.8, 4) is 11.5 Å². The van der Waals surface area contributed by atoms with Gasteiger partial charge in [-0.1, -0.05) is 0 Å². The molecule has 1 aliphatic rings. The first-order chi connectivity index (χ1) is 10.3. The van der Waals surface area contributed by atoms with E-state index in [0.29, 0.717) is 13.1 Å². The van der Waals surface area contributed by atoms with Gasteiger partial charge in [0.1, 0.15) is 23.2 Å². The Morgan fingerprint density at radius 3 is 2.50 bits per heavy atom. The highest BCUT2D eigenvalue weighted by Crippen LogP contribution is 2.22. The lowest BCUT2D eigenvalue weighted by Crippen LogP contribution is -2.37. The summed E-state index contributed by atoms with van der Waals surface area (Å²) in [7, 11) is 0. The topological polar surface area (TPSA) is 59.0 Å². The number of likely N-dealkylation sites (tertiary alicyclic amines) is 1. The highest BCUT2D eigenvalue weighted by atomic mass is 16.6. The Kier molecular flexibility index (Phi) is 5.16. The molecule has 0 saturated carbocycles. The number of benzene rings is 1. The Balaban J connectivity index is 1.87. The van der Waals surface area contributed by atoms with Gasteiger partial charge in [0.05, 0.1) is 0 Å². The van der Waals surface area contributed by atoms with Gasteiger partial charge in [0.25, 0.3) is 0 Å². The number of aromatic hydroxyl groups is 1. The number of ether oxygens (including phenoxy) is 2. The van der Waals surface area contributed by atoms with Crippen molar-refractivity contribution in [1.82, 2.24) is 4.90 Å². The molecular formula is C17H25NO4. The second kappa shape index (κ2) is 6.90. The molecule has 1 atom stereocenters. The molecule has 1 N–H and O–H groups in total. The van der Waals surface area contributed by atoms with Crippen LogP contribution < -0.4 is 4.74 Å². The summed E-state index contributed by atoms with van der Waals surface area (Å²) in [6.07, 6.45) is 2.40. The fourth-order valence-corrected chi connectivity index (χ4v) is 2.41. The molecule has 122 valence electrons. The Morgan fingerprint density at radius 2 is 1.86 bits per heavy atom. The summed E-state index contributed by atoms with van der Waals surface area (Å²) < 4.78 is 11.3. The summed E-state index contributed by atoms with van der Waals surface area (Å²) in [6.45, 7) is 6.96. The van der Waals surface area contributed by atoms with E-state index < -0.39 is 5.60 Å². The number of hydrogen-bond acceptors (Lipinski definition) is 4. The van der Waals surface area contributed by atoms with Crippen LogP contribution in [0.15, 0.2) is 24.3 Å². The molecule has 1 heterocycles. The molecular weight excluding hydrogens is 282 g/mol. The Labute approximate surface area is 131 Å². The first-order valence-corrected chi connectivity index (χ1v) is 7.77. The van der Waals surface area contributed by atoms with E-state index in [1.54, 1.807) is 29.2 Å². The Hall–Kier alpha value is -1.91. The molecule has 0 radical (unpaired) electrons. The van der Waals surface area contributed by atoms with E-state index in [9.17, 15) is 9.90 Å². The maximum Gasteiger partial charge on any atom is 0.410 e. The number of rotatable bonds is 2. The summed E-state index contributed by atoms with van der Waals surface area (Å²) in [6, 6.07) is 6.73. The molecule has 1 fully saturated rings. The van der Waals surface area contributed by atoms with Gasteiger partial charge in [0, 0.05) is 19.5 Å². The van der Waals surface area contributed by atoms with Gasteiger partial charge in [-0.05, 0) is 57.9 Å². The molecule has 0 spiro atoms. The standard InChI is InChI=1S/C17H25NO4/c1-17(2,3)22-16(20)18-11-4-5-14(10-12-18)21-15-8-6-13(19)7-9-15/h6-9,14,19H,4-5,10-12H2,1-3H3. The average molecular weight is 307 g/mol. The van der Waals surface area contributed by atoms with Crippen LogP contribution in [-0.4, -0.2) is 40.9 Å². The van der Waals surface area contributed by atoms with Crippen molar-refractivity contribution in [3.05, 3.63) is 24.3 Å². The van der Waals surface area contributed by atoms with Crippen molar-refractivity contribution in [3.63, 3.8) is 0 Å². The normalized spacial score (nSPS) is 19.4. The maximum absolute atomic E-state index is 12.1. The molecule has 1 aromatic carbocycles. The van der Waals surface area contributed by atoms with Crippen molar-refractivity contribution >= 4 is 6.09 Å². The lowest BCUT2D eigenvalue weighted by atomic mass is 10.1. The molecule has 5 heteroatoms. The SMILES string of the molecule is CC(C)(C)OC(=O)N1CCCC(Oc2ccc(O)cc2)CC1. The van der Waals surface area contributed by atoms with Crippen LogP contribution >= 0.6 is 0 Å². The number of amides is 1. The molecule has 5 nitrogen and oxygen atoms in total. The van der Waals surface area contributed by atoms with Gasteiger partial charge < -0.3 is 19.5 Å². The number of nitrogens with zero attached hydrogens (tertiary/aromatic N) is 1. The summed E-state index contributed by atoms with van der Waals surface area (Å²) in [5, 5.41) is 9.28. The van der Waals surface area contributed by atoms with Crippen molar-refractivity contribution in [2.75, 3.05) is 13.1 Å². The summed E-state index contributed by atoms with van der Waals surface area (Å²) >= 11 is 0. The van der Waals surface area contributed by atoms with Crippen LogP contribution in [0.25, 0.3) is 0 Å². The monoisotopic (exact) mass is 307 g/mol. The third kappa shape index (κ3) is 5.13. The molecule has 1 aromatic rings. The number of phenols is 1. The third-order valence-corrected chi connectivity index (χ3v) is 3.47. The fourth-order valence-electron chi connectivity index (χ4n) is 2.41. The largest absolute Gasteiger partial charge is 0.508 e. The minimum Gasteiger partial charge on any atom is -0.508 e. The molecule has 22 heavy (non-hydrogen) atoms. The number of phenolic OH excluding ortho intramolecular Hbond substituents is 1. The minimum absolute atomic E-state index is 0.0805. The van der Waals surface area contributed by atoms with Crippen LogP contribution in [0.5, 0.6) is 11.5 Å². The Bertz CT molecular complexity index is 492. The maximum atomic E-state index is 12.1. The van der Waals surface area contributed by atoms with Crippen LogP contribution in [0.1, 0.15) is 40.0 Å². The molecule has 1 unspecified atom stereocenters. The van der Waals surface area contributed by atoms with Crippen LogP contribution in [-0.2, 0) is 4.74 Å². The van der Waals surface area contributed by atoms with E-state index in [0.717, 1.165) is 25.0 Å². The van der Waals surface area contributed by atoms with Gasteiger partial charge in [0.2, 0.25) is 0 Å². The number of hydrogen-bond donors (Lipinski definition) is 1. The predicted octanol–water partition coefficient (Wildman–Crippen LogP) is 3.56. The number of carbonyl (C=O) groups is 1. The van der Waals surface area contributed by atoms with Crippen LogP contribution in [0.4, 0.5) is 4.79 Å². The van der Waals surface area contributed by atoms with Crippen molar-refractivity contribution in [1.29, 1.82) is 0 Å². The Morgan fingerprint density at radius 1 is 1.18 bits per heavy atom. The van der Waals surface area contributed by atoms with Crippen molar-refractivity contribution < 1.29 is 19.4 Å². The lowest BCUT2D eigenvalue weighted by molar-refractivity contribution is 0.0252. The zero-order chi connectivity index (χ0) is 16.2. The average Bonchev–Trinajstić information content (AvgIpc) is 2.65. The smallest absolute Gasteiger partial charge is 0.410 e. The second-order valence-electron chi connectivity index (χ2n) is 6.63.